The maximum atomic E-state index is 13.1. The Bertz CT molecular complexity index is 1720. The molecule has 2 N–H and O–H groups in total. The summed E-state index contributed by atoms with van der Waals surface area (Å²) in [5, 5.41) is 12.8. The summed E-state index contributed by atoms with van der Waals surface area (Å²) in [7, 11) is 1.70. The first-order valence-corrected chi connectivity index (χ1v) is 15.0. The van der Waals surface area contributed by atoms with Gasteiger partial charge in [-0.3, -0.25) is 19.3 Å². The highest BCUT2D eigenvalue weighted by atomic mass is 16.4. The predicted molar refractivity (Wildman–Crippen MR) is 173 cm³/mol. The van der Waals surface area contributed by atoms with Gasteiger partial charge in [0.25, 0.3) is 5.91 Å². The summed E-state index contributed by atoms with van der Waals surface area (Å²) in [6.07, 6.45) is 1.00. The number of anilines is 3. The molecule has 0 saturated carbocycles. The summed E-state index contributed by atoms with van der Waals surface area (Å²) in [5.41, 5.74) is 5.58. The zero-order valence-corrected chi connectivity index (χ0v) is 24.9. The second-order valence-electron chi connectivity index (χ2n) is 11.5. The molecule has 4 amide bonds. The number of nitrogens with one attached hydrogen (secondary N) is 1. The molecule has 0 bridgehead atoms. The standard InChI is InChI=1S/C36H34N4O5/c1-38(33(41)21-24-11-15-28(16-12-24)37-36(45)40-20-19-26-7-5-6-10-32(26)40)29-17-13-25(14-18-29)30-22-39(23-31(30)35(43)44)34(42)27-8-3-2-4-9-27/h2-18,30-31H,19-23H2,1H3,(H,37,45)(H,43,44). The second kappa shape index (κ2) is 12.7. The van der Waals surface area contributed by atoms with Crippen molar-refractivity contribution in [3.8, 4) is 0 Å². The van der Waals surface area contributed by atoms with Crippen LogP contribution in [0.3, 0.4) is 0 Å². The number of likely N-dealkylation sites (N-methyl/N-ethyl adjacent to an activating group) is 1. The molecule has 9 nitrogen and oxygen atoms in total. The summed E-state index contributed by atoms with van der Waals surface area (Å²) >= 11 is 0. The quantitative estimate of drug-likeness (QED) is 0.293. The molecule has 4 aromatic rings. The average Bonchev–Trinajstić information content (AvgIpc) is 3.71. The number of carboxylic acids is 1. The van der Waals surface area contributed by atoms with Crippen LogP contribution in [0.1, 0.15) is 33.0 Å². The fourth-order valence-corrected chi connectivity index (χ4v) is 6.15. The molecule has 2 aliphatic rings. The first-order valence-electron chi connectivity index (χ1n) is 15.0. The SMILES string of the molecule is CN(C(=O)Cc1ccc(NC(=O)N2CCc3ccccc32)cc1)c1ccc(C2CN(C(=O)c3ccccc3)CC2C(=O)O)cc1. The van der Waals surface area contributed by atoms with Crippen molar-refractivity contribution in [2.75, 3.05) is 41.8 Å². The van der Waals surface area contributed by atoms with Gasteiger partial charge in [-0.05, 0) is 65.6 Å². The molecule has 0 radical (unpaired) electrons. The number of carboxylic acid groups (broad SMARTS) is 1. The highest BCUT2D eigenvalue weighted by molar-refractivity contribution is 6.03. The third kappa shape index (κ3) is 6.28. The van der Waals surface area contributed by atoms with Gasteiger partial charge in [0.15, 0.2) is 0 Å². The molecule has 0 aliphatic carbocycles. The van der Waals surface area contributed by atoms with Crippen LogP contribution in [-0.2, 0) is 22.4 Å². The summed E-state index contributed by atoms with van der Waals surface area (Å²) in [6, 6.07) is 31.1. The van der Waals surface area contributed by atoms with Gasteiger partial charge < -0.3 is 20.2 Å². The van der Waals surface area contributed by atoms with E-state index in [9.17, 15) is 24.3 Å². The van der Waals surface area contributed by atoms with E-state index in [0.717, 1.165) is 28.8 Å². The van der Waals surface area contributed by atoms with Crippen LogP contribution in [0.25, 0.3) is 0 Å². The lowest BCUT2D eigenvalue weighted by molar-refractivity contribution is -0.141. The fraction of sp³-hybridized carbons (Fsp3) is 0.222. The Morgan fingerprint density at radius 3 is 2.24 bits per heavy atom. The van der Waals surface area contributed by atoms with Gasteiger partial charge in [0.05, 0.1) is 12.3 Å². The van der Waals surface area contributed by atoms with Gasteiger partial charge in [0.1, 0.15) is 0 Å². The van der Waals surface area contributed by atoms with Crippen LogP contribution in [0.4, 0.5) is 21.9 Å². The van der Waals surface area contributed by atoms with Crippen molar-refractivity contribution in [1.82, 2.24) is 4.90 Å². The molecule has 9 heteroatoms. The molecule has 2 heterocycles. The van der Waals surface area contributed by atoms with E-state index < -0.39 is 11.9 Å². The van der Waals surface area contributed by atoms with Crippen molar-refractivity contribution in [2.24, 2.45) is 5.92 Å². The Hall–Kier alpha value is -5.44. The smallest absolute Gasteiger partial charge is 0.326 e. The normalized spacial score (nSPS) is 17.1. The monoisotopic (exact) mass is 602 g/mol. The molecule has 2 atom stereocenters. The van der Waals surface area contributed by atoms with Gasteiger partial charge in [-0.2, -0.15) is 0 Å². The van der Waals surface area contributed by atoms with Gasteiger partial charge in [-0.25, -0.2) is 4.79 Å². The first-order chi connectivity index (χ1) is 21.8. The number of hydrogen-bond donors (Lipinski definition) is 2. The number of aliphatic carboxylic acids is 1. The number of likely N-dealkylation sites (tertiary alicyclic amines) is 1. The lowest BCUT2D eigenvalue weighted by Crippen LogP contribution is -2.33. The molecule has 228 valence electrons. The first kappa shape index (κ1) is 29.6. The minimum absolute atomic E-state index is 0.114. The van der Waals surface area contributed by atoms with Crippen LogP contribution in [0.5, 0.6) is 0 Å². The third-order valence-electron chi connectivity index (χ3n) is 8.72. The van der Waals surface area contributed by atoms with Crippen molar-refractivity contribution in [1.29, 1.82) is 0 Å². The van der Waals surface area contributed by atoms with Crippen LogP contribution in [0, 0.1) is 5.92 Å². The summed E-state index contributed by atoms with van der Waals surface area (Å²) < 4.78 is 0. The summed E-state index contributed by atoms with van der Waals surface area (Å²) in [5.74, 6) is -2.31. The van der Waals surface area contributed by atoms with Gasteiger partial charge in [0, 0.05) is 55.2 Å². The largest absolute Gasteiger partial charge is 0.481 e. The molecule has 45 heavy (non-hydrogen) atoms. The van der Waals surface area contributed by atoms with E-state index in [0.29, 0.717) is 30.0 Å². The van der Waals surface area contributed by atoms with E-state index >= 15 is 0 Å². The number of para-hydroxylation sites is 1. The average molecular weight is 603 g/mol. The maximum absolute atomic E-state index is 13.1. The minimum Gasteiger partial charge on any atom is -0.481 e. The van der Waals surface area contributed by atoms with E-state index in [4.69, 9.17) is 0 Å². The van der Waals surface area contributed by atoms with Gasteiger partial charge >= 0.3 is 12.0 Å². The molecule has 1 saturated heterocycles. The molecule has 2 unspecified atom stereocenters. The Balaban J connectivity index is 1.06. The molecular formula is C36H34N4O5. The van der Waals surface area contributed by atoms with Crippen molar-refractivity contribution in [2.45, 2.75) is 18.8 Å². The zero-order valence-electron chi connectivity index (χ0n) is 24.9. The fourth-order valence-electron chi connectivity index (χ4n) is 6.15. The van der Waals surface area contributed by atoms with Crippen molar-refractivity contribution in [3.63, 3.8) is 0 Å². The van der Waals surface area contributed by atoms with E-state index in [-0.39, 0.29) is 36.7 Å². The van der Waals surface area contributed by atoms with Crippen LogP contribution in [0.2, 0.25) is 0 Å². The van der Waals surface area contributed by atoms with Crippen molar-refractivity contribution >= 4 is 40.9 Å². The van der Waals surface area contributed by atoms with Crippen LogP contribution < -0.4 is 15.1 Å². The van der Waals surface area contributed by atoms with Crippen LogP contribution in [-0.4, -0.2) is 60.5 Å². The Labute approximate surface area is 261 Å². The van der Waals surface area contributed by atoms with Gasteiger partial charge in [-0.15, -0.1) is 0 Å². The number of benzene rings is 4. The second-order valence-corrected chi connectivity index (χ2v) is 11.5. The molecule has 6 rings (SSSR count). The van der Waals surface area contributed by atoms with Crippen molar-refractivity contribution < 1.29 is 24.3 Å². The van der Waals surface area contributed by atoms with Crippen LogP contribution >= 0.6 is 0 Å². The molecule has 4 aromatic carbocycles. The van der Waals surface area contributed by atoms with Crippen molar-refractivity contribution in [3.05, 3.63) is 125 Å². The number of nitrogens with zero attached hydrogens (tertiary/aromatic N) is 3. The van der Waals surface area contributed by atoms with E-state index in [2.05, 4.69) is 5.32 Å². The number of rotatable bonds is 7. The summed E-state index contributed by atoms with van der Waals surface area (Å²) in [4.78, 5) is 56.0. The molecule has 0 aromatic heterocycles. The number of urea groups is 1. The van der Waals surface area contributed by atoms with Crippen LogP contribution in [0.15, 0.2) is 103 Å². The highest BCUT2D eigenvalue weighted by Gasteiger charge is 2.40. The molecule has 1 fully saturated rings. The molecule has 2 aliphatic heterocycles. The summed E-state index contributed by atoms with van der Waals surface area (Å²) in [6.45, 7) is 1.08. The van der Waals surface area contributed by atoms with E-state index in [1.54, 1.807) is 58.1 Å². The Morgan fingerprint density at radius 1 is 0.844 bits per heavy atom. The minimum atomic E-state index is -0.938. The number of carbonyl (C=O) groups excluding carboxylic acids is 3. The predicted octanol–water partition coefficient (Wildman–Crippen LogP) is 5.43. The van der Waals surface area contributed by atoms with E-state index in [1.807, 2.05) is 66.7 Å². The molecular weight excluding hydrogens is 568 g/mol. The number of hydrogen-bond acceptors (Lipinski definition) is 4. The Morgan fingerprint density at radius 2 is 1.53 bits per heavy atom. The maximum Gasteiger partial charge on any atom is 0.326 e. The number of fused-ring (bicyclic) bond motifs is 1. The zero-order chi connectivity index (χ0) is 31.5. The number of amides is 4. The van der Waals surface area contributed by atoms with Gasteiger partial charge in [0.2, 0.25) is 5.91 Å². The number of carbonyl (C=O) groups is 4. The lowest BCUT2D eigenvalue weighted by atomic mass is 9.89. The van der Waals surface area contributed by atoms with E-state index in [1.165, 1.54) is 0 Å². The highest BCUT2D eigenvalue weighted by Crippen LogP contribution is 2.35. The van der Waals surface area contributed by atoms with Gasteiger partial charge in [-0.1, -0.05) is 60.7 Å². The third-order valence-corrected chi connectivity index (χ3v) is 8.72. The lowest BCUT2D eigenvalue weighted by Gasteiger charge is -2.20. The molecule has 0 spiro atoms. The Kier molecular flexibility index (Phi) is 8.33. The topological polar surface area (TPSA) is 110 Å².